The molecule has 3 saturated heterocycles. The molecule has 3 N–H and O–H groups in total. The van der Waals surface area contributed by atoms with E-state index in [1.165, 1.54) is 15.8 Å². The summed E-state index contributed by atoms with van der Waals surface area (Å²) in [6, 6.07) is 15.6. The minimum atomic E-state index is -2.75. The van der Waals surface area contributed by atoms with Crippen molar-refractivity contribution < 1.29 is 28.0 Å². The third-order valence-corrected chi connectivity index (χ3v) is 16.2. The van der Waals surface area contributed by atoms with Gasteiger partial charge in [-0.1, -0.05) is 19.9 Å². The van der Waals surface area contributed by atoms with Crippen molar-refractivity contribution in [3.8, 4) is 11.5 Å². The molecule has 0 aliphatic carbocycles. The van der Waals surface area contributed by atoms with Crippen LogP contribution in [-0.4, -0.2) is 120 Å². The van der Waals surface area contributed by atoms with Crippen LogP contribution in [0, 0.1) is 0 Å². The molecule has 9 rings (SSSR count). The number of pyridine rings is 1. The second-order valence-electron chi connectivity index (χ2n) is 19.0. The van der Waals surface area contributed by atoms with Gasteiger partial charge in [0.2, 0.25) is 17.8 Å². The molecule has 3 aliphatic rings. The van der Waals surface area contributed by atoms with Gasteiger partial charge in [0.25, 0.3) is 0 Å². The van der Waals surface area contributed by atoms with Gasteiger partial charge in [-0.25, -0.2) is 9.78 Å². The van der Waals surface area contributed by atoms with E-state index in [-0.39, 0.29) is 18.7 Å². The third kappa shape index (κ3) is 10.9. The number of nitrogens with zero attached hydrogens (tertiary/aromatic N) is 7. The number of fused-ring (bicyclic) bond motifs is 2. The zero-order valence-corrected chi connectivity index (χ0v) is 44.0. The number of rotatable bonds is 17. The van der Waals surface area contributed by atoms with E-state index < -0.39 is 24.8 Å². The maximum atomic E-state index is 13.8. The number of aryl methyl sites for hydroxylation is 3. The fraction of sp³-hybridized carbons (Fsp3) is 0.462. The molecule has 3 aromatic heterocycles. The van der Waals surface area contributed by atoms with Crippen LogP contribution in [0.15, 0.2) is 68.4 Å². The molecule has 19 heteroatoms. The lowest BCUT2D eigenvalue weighted by Gasteiger charge is -2.43. The first-order chi connectivity index (χ1) is 34.2. The van der Waals surface area contributed by atoms with Gasteiger partial charge in [0.1, 0.15) is 30.5 Å². The fourth-order valence-electron chi connectivity index (χ4n) is 10.5. The molecule has 0 spiro atoms. The van der Waals surface area contributed by atoms with Crippen LogP contribution in [0.3, 0.4) is 0 Å². The number of piperidine rings is 2. The molecule has 6 heterocycles. The number of amides is 2. The first-order valence-electron chi connectivity index (χ1n) is 24.9. The minimum absolute atomic E-state index is 0.161. The van der Waals surface area contributed by atoms with Gasteiger partial charge in [-0.05, 0) is 124 Å². The number of oxazole rings is 1. The Morgan fingerprint density at radius 1 is 0.887 bits per heavy atom. The van der Waals surface area contributed by atoms with Crippen LogP contribution < -0.4 is 41.4 Å². The van der Waals surface area contributed by atoms with E-state index in [2.05, 4.69) is 77.5 Å². The van der Waals surface area contributed by atoms with E-state index >= 15 is 0 Å². The number of hydrogen-bond acceptors (Lipinski definition) is 15. The van der Waals surface area contributed by atoms with E-state index in [0.717, 1.165) is 117 Å². The average molecular weight is 1050 g/mol. The molecule has 3 aliphatic heterocycles. The molecule has 0 radical (unpaired) electrons. The van der Waals surface area contributed by atoms with Gasteiger partial charge < -0.3 is 38.9 Å². The van der Waals surface area contributed by atoms with Crippen LogP contribution in [0.1, 0.15) is 75.7 Å². The lowest BCUT2D eigenvalue weighted by Crippen LogP contribution is -2.53. The lowest BCUT2D eigenvalue weighted by atomic mass is 9.99. The Kier molecular flexibility index (Phi) is 15.2. The number of nitrogens with one attached hydrogen (secondary N) is 3. The summed E-state index contributed by atoms with van der Waals surface area (Å²) in [6.45, 7) is 17.1. The average Bonchev–Trinajstić information content (AvgIpc) is 3.70. The molecule has 0 bridgehead atoms. The van der Waals surface area contributed by atoms with Crippen LogP contribution in [0.2, 0.25) is 0 Å². The van der Waals surface area contributed by atoms with Gasteiger partial charge in [-0.15, -0.1) is 0 Å². The number of carbonyl (C=O) groups is 2. The minimum Gasteiger partial charge on any atom is -0.497 e. The summed E-state index contributed by atoms with van der Waals surface area (Å²) in [7, 11) is -1.17. The fourth-order valence-corrected chi connectivity index (χ4v) is 12.2. The van der Waals surface area contributed by atoms with Gasteiger partial charge in [0.15, 0.2) is 5.58 Å². The number of anilines is 5. The maximum Gasteiger partial charge on any atom is 0.420 e. The van der Waals surface area contributed by atoms with Crippen molar-refractivity contribution in [2.45, 2.75) is 84.2 Å². The normalized spacial score (nSPS) is 17.5. The maximum absolute atomic E-state index is 13.8. The largest absolute Gasteiger partial charge is 0.497 e. The molecule has 1 unspecified atom stereocenters. The Hall–Kier alpha value is -5.81. The van der Waals surface area contributed by atoms with Gasteiger partial charge in [-0.2, -0.15) is 4.98 Å². The van der Waals surface area contributed by atoms with E-state index in [4.69, 9.17) is 23.9 Å². The van der Waals surface area contributed by atoms with Gasteiger partial charge in [-0.3, -0.25) is 29.4 Å². The highest BCUT2D eigenvalue weighted by Crippen LogP contribution is 2.43. The van der Waals surface area contributed by atoms with Crippen molar-refractivity contribution in [1.29, 1.82) is 0 Å². The SMILES string of the molecule is CCOc1cc(N2CCC(N3CCN(CCCc4cc(OC)cc5c4oc(=O)n5C4CCC(=O)NC4=O)CC3)CC2)c(CC)cc1Nc1ncc(Br)c(Nc2ccc3nc(CC)ccc3c2P(C)(C)=O)n1. The summed E-state index contributed by atoms with van der Waals surface area (Å²) in [6.07, 6.45) is 7.47. The summed E-state index contributed by atoms with van der Waals surface area (Å²) in [4.78, 5) is 59.6. The Balaban J connectivity index is 0.813. The topological polar surface area (TPSA) is 189 Å². The number of imide groups is 1. The van der Waals surface area contributed by atoms with Crippen LogP contribution in [0.5, 0.6) is 11.5 Å². The van der Waals surface area contributed by atoms with Crippen molar-refractivity contribution in [2.75, 3.05) is 88.4 Å². The second-order valence-corrected chi connectivity index (χ2v) is 23.0. The molecule has 71 heavy (non-hydrogen) atoms. The number of hydrogen-bond donors (Lipinski definition) is 3. The van der Waals surface area contributed by atoms with E-state index in [0.29, 0.717) is 57.8 Å². The highest BCUT2D eigenvalue weighted by Gasteiger charge is 2.33. The van der Waals surface area contributed by atoms with Crippen molar-refractivity contribution in [2.24, 2.45) is 0 Å². The van der Waals surface area contributed by atoms with Crippen molar-refractivity contribution in [3.63, 3.8) is 0 Å². The zero-order valence-electron chi connectivity index (χ0n) is 41.5. The molecule has 0 saturated carbocycles. The summed E-state index contributed by atoms with van der Waals surface area (Å²) in [5.74, 6) is 0.807. The number of aromatic nitrogens is 4. The van der Waals surface area contributed by atoms with Crippen molar-refractivity contribution in [3.05, 3.63) is 86.6 Å². The van der Waals surface area contributed by atoms with E-state index in [1.54, 1.807) is 32.7 Å². The number of ether oxygens (including phenoxy) is 2. The van der Waals surface area contributed by atoms with Gasteiger partial charge in [0, 0.05) is 97.7 Å². The van der Waals surface area contributed by atoms with Crippen molar-refractivity contribution in [1.82, 2.24) is 34.6 Å². The zero-order chi connectivity index (χ0) is 50.0. The van der Waals surface area contributed by atoms with Crippen LogP contribution in [0.25, 0.3) is 22.0 Å². The first-order valence-corrected chi connectivity index (χ1v) is 28.3. The van der Waals surface area contributed by atoms with Gasteiger partial charge in [0.05, 0.1) is 40.6 Å². The molecular formula is C52H64BrN10O7P. The molecule has 3 fully saturated rings. The summed E-state index contributed by atoms with van der Waals surface area (Å²) < 4.78 is 33.4. The quantitative estimate of drug-likeness (QED) is 0.0586. The molecular weight excluding hydrogens is 988 g/mol. The van der Waals surface area contributed by atoms with Crippen LogP contribution >= 0.6 is 23.1 Å². The molecule has 376 valence electrons. The predicted molar refractivity (Wildman–Crippen MR) is 284 cm³/mol. The Morgan fingerprint density at radius 2 is 1.68 bits per heavy atom. The smallest absolute Gasteiger partial charge is 0.420 e. The molecule has 2 amide bonds. The molecule has 17 nitrogen and oxygen atoms in total. The third-order valence-electron chi connectivity index (χ3n) is 14.1. The molecule has 3 aromatic carbocycles. The Labute approximate surface area is 422 Å². The standard InChI is InChI=1S/C52H64BrN10O7P/c1-7-32-28-41(57-51-54-31-38(53)49(59-51)56-40-15-14-39-37(48(40)71(5,6)67)13-12-34(8-2)55-39)45(69-9-3)30-43(32)62-21-18-35(19-22-62)61-25-23-60(24-26-61)20-10-11-33-27-36(68-4)29-44-47(33)70-52(66)63(44)42-16-17-46(64)58-50(42)65/h12-15,27-31,35,42H,7-11,16-26H2,1-6H3,(H,58,64,65)(H2,54,56,57,59). The van der Waals surface area contributed by atoms with Crippen LogP contribution in [-0.2, 0) is 33.4 Å². The number of methoxy groups -OCH3 is 1. The molecule has 1 atom stereocenters. The number of carbonyl (C=O) groups excluding carboxylic acids is 2. The lowest BCUT2D eigenvalue weighted by molar-refractivity contribution is -0.135. The van der Waals surface area contributed by atoms with Gasteiger partial charge >= 0.3 is 5.76 Å². The first kappa shape index (κ1) is 50.1. The Bertz CT molecular complexity index is 3070. The second kappa shape index (κ2) is 21.5. The monoisotopic (exact) mass is 1050 g/mol. The number of benzene rings is 3. The highest BCUT2D eigenvalue weighted by molar-refractivity contribution is 9.10. The van der Waals surface area contributed by atoms with E-state index in [1.807, 2.05) is 37.3 Å². The summed E-state index contributed by atoms with van der Waals surface area (Å²) >= 11 is 3.64. The Morgan fingerprint density at radius 3 is 2.38 bits per heavy atom. The van der Waals surface area contributed by atoms with Crippen LogP contribution in [0.4, 0.5) is 28.8 Å². The molecule has 6 aromatic rings. The van der Waals surface area contributed by atoms with Crippen molar-refractivity contribution >= 4 is 91.0 Å². The summed E-state index contributed by atoms with van der Waals surface area (Å²) in [5, 5.41) is 10.9. The number of piperazine rings is 1. The predicted octanol–water partition coefficient (Wildman–Crippen LogP) is 8.16. The summed E-state index contributed by atoms with van der Waals surface area (Å²) in [5.41, 5.74) is 7.54. The highest BCUT2D eigenvalue weighted by atomic mass is 79.9. The van der Waals surface area contributed by atoms with E-state index in [9.17, 15) is 18.9 Å². The number of halogens is 1.